The summed E-state index contributed by atoms with van der Waals surface area (Å²) in [5, 5.41) is 15.3. The molecule has 5 aromatic rings. The minimum atomic E-state index is -0.663. The van der Waals surface area contributed by atoms with E-state index in [1.54, 1.807) is 19.1 Å². The number of carbonyl (C=O) groups excluding carboxylic acids is 1. The van der Waals surface area contributed by atoms with Gasteiger partial charge < -0.3 is 23.5 Å². The highest BCUT2D eigenvalue weighted by atomic mass is 16.6. The Balaban J connectivity index is 1.58. The van der Waals surface area contributed by atoms with Gasteiger partial charge in [-0.05, 0) is 30.2 Å². The maximum Gasteiger partial charge on any atom is 0.377 e. The van der Waals surface area contributed by atoms with E-state index in [9.17, 15) is 14.9 Å². The Morgan fingerprint density at radius 1 is 0.810 bits per heavy atom. The van der Waals surface area contributed by atoms with Gasteiger partial charge in [-0.25, -0.2) is 4.79 Å². The number of aromatic nitrogens is 1. The molecule has 0 radical (unpaired) electrons. The van der Waals surface area contributed by atoms with Gasteiger partial charge in [-0.2, -0.15) is 0 Å². The summed E-state index contributed by atoms with van der Waals surface area (Å²) >= 11 is 0. The van der Waals surface area contributed by atoms with Gasteiger partial charge >= 0.3 is 5.97 Å². The minimum Gasteiger partial charge on any atom is -0.489 e. The molecule has 0 atom stereocenters. The fourth-order valence-corrected chi connectivity index (χ4v) is 4.03. The number of carbonyl (C=O) groups is 1. The predicted octanol–water partition coefficient (Wildman–Crippen LogP) is 7.38. The SMILES string of the molecule is CCOC(=O)c1cc(-c2c(OCc3ccccc3)cc(OCc3ccccc3)cc2Oc2ccc([N+](=O)[O-])cc2)no1. The average molecular weight is 567 g/mol. The van der Waals surface area contributed by atoms with Crippen LogP contribution in [-0.2, 0) is 18.0 Å². The van der Waals surface area contributed by atoms with Crippen LogP contribution in [-0.4, -0.2) is 22.7 Å². The molecule has 0 aliphatic rings. The van der Waals surface area contributed by atoms with Crippen molar-refractivity contribution in [2.24, 2.45) is 0 Å². The highest BCUT2D eigenvalue weighted by Gasteiger charge is 2.24. The van der Waals surface area contributed by atoms with Crippen molar-refractivity contribution in [3.63, 3.8) is 0 Å². The molecule has 10 heteroatoms. The van der Waals surface area contributed by atoms with Crippen LogP contribution in [0.5, 0.6) is 23.0 Å². The molecule has 1 aromatic heterocycles. The number of benzene rings is 4. The van der Waals surface area contributed by atoms with Crippen molar-refractivity contribution >= 4 is 11.7 Å². The molecule has 0 saturated heterocycles. The van der Waals surface area contributed by atoms with E-state index in [0.717, 1.165) is 11.1 Å². The molecule has 0 unspecified atom stereocenters. The largest absolute Gasteiger partial charge is 0.489 e. The van der Waals surface area contributed by atoms with Gasteiger partial charge in [-0.15, -0.1) is 0 Å². The van der Waals surface area contributed by atoms with Gasteiger partial charge in [-0.1, -0.05) is 65.8 Å². The Morgan fingerprint density at radius 3 is 2.05 bits per heavy atom. The first-order valence-electron chi connectivity index (χ1n) is 13.1. The number of rotatable bonds is 12. The number of non-ortho nitro benzene ring substituents is 1. The first kappa shape index (κ1) is 27.9. The first-order chi connectivity index (χ1) is 20.5. The van der Waals surface area contributed by atoms with E-state index < -0.39 is 10.9 Å². The molecule has 0 spiro atoms. The molecule has 0 bridgehead atoms. The van der Waals surface area contributed by atoms with E-state index in [-0.39, 0.29) is 42.7 Å². The number of nitrogens with zero attached hydrogens (tertiary/aromatic N) is 2. The van der Waals surface area contributed by atoms with Gasteiger partial charge in [0, 0.05) is 30.3 Å². The third kappa shape index (κ3) is 6.92. The molecule has 212 valence electrons. The fraction of sp³-hybridized carbons (Fsp3) is 0.125. The lowest BCUT2D eigenvalue weighted by Gasteiger charge is -2.17. The Morgan fingerprint density at radius 2 is 1.43 bits per heavy atom. The van der Waals surface area contributed by atoms with Crippen molar-refractivity contribution in [3.05, 3.63) is 130 Å². The number of ether oxygens (including phenoxy) is 4. The van der Waals surface area contributed by atoms with Crippen molar-refractivity contribution in [2.45, 2.75) is 20.1 Å². The molecular formula is C32H26N2O8. The van der Waals surface area contributed by atoms with Gasteiger partial charge in [0.05, 0.1) is 17.1 Å². The highest BCUT2D eigenvalue weighted by Crippen LogP contribution is 2.44. The normalized spacial score (nSPS) is 10.6. The Kier molecular flexibility index (Phi) is 8.73. The number of hydrogen-bond donors (Lipinski definition) is 0. The zero-order valence-corrected chi connectivity index (χ0v) is 22.6. The topological polar surface area (TPSA) is 123 Å². The summed E-state index contributed by atoms with van der Waals surface area (Å²) in [5.74, 6) is 0.628. The number of nitro benzene ring substituents is 1. The third-order valence-electron chi connectivity index (χ3n) is 6.04. The average Bonchev–Trinajstić information content (AvgIpc) is 3.50. The first-order valence-corrected chi connectivity index (χ1v) is 13.1. The fourth-order valence-electron chi connectivity index (χ4n) is 4.03. The zero-order chi connectivity index (χ0) is 29.3. The van der Waals surface area contributed by atoms with Crippen LogP contribution >= 0.6 is 0 Å². The second kappa shape index (κ2) is 13.1. The smallest absolute Gasteiger partial charge is 0.377 e. The van der Waals surface area contributed by atoms with Gasteiger partial charge in [0.25, 0.3) is 5.69 Å². The lowest BCUT2D eigenvalue weighted by molar-refractivity contribution is -0.384. The molecule has 0 aliphatic heterocycles. The Labute approximate surface area is 241 Å². The quantitative estimate of drug-likeness (QED) is 0.0864. The second-order valence-corrected chi connectivity index (χ2v) is 8.99. The molecule has 0 fully saturated rings. The summed E-state index contributed by atoms with van der Waals surface area (Å²) in [7, 11) is 0. The molecule has 0 aliphatic carbocycles. The molecule has 0 N–H and O–H groups in total. The van der Waals surface area contributed by atoms with E-state index >= 15 is 0 Å². The summed E-state index contributed by atoms with van der Waals surface area (Å²) < 4.78 is 28.9. The van der Waals surface area contributed by atoms with Gasteiger partial charge in [0.2, 0.25) is 5.76 Å². The molecule has 42 heavy (non-hydrogen) atoms. The molecule has 1 heterocycles. The Bertz CT molecular complexity index is 1650. The number of esters is 1. The minimum absolute atomic E-state index is 0.0787. The van der Waals surface area contributed by atoms with Crippen LogP contribution in [0, 0.1) is 10.1 Å². The maximum atomic E-state index is 12.3. The summed E-state index contributed by atoms with van der Waals surface area (Å²) in [5.41, 5.74) is 2.44. The maximum absolute atomic E-state index is 12.3. The van der Waals surface area contributed by atoms with Crippen molar-refractivity contribution in [1.29, 1.82) is 0 Å². The molecular weight excluding hydrogens is 540 g/mol. The summed E-state index contributed by atoms with van der Waals surface area (Å²) in [6.07, 6.45) is 0. The van der Waals surface area contributed by atoms with Crippen LogP contribution in [0.2, 0.25) is 0 Å². The predicted molar refractivity (Wildman–Crippen MR) is 153 cm³/mol. The highest BCUT2D eigenvalue weighted by molar-refractivity contribution is 5.88. The van der Waals surface area contributed by atoms with E-state index in [0.29, 0.717) is 22.8 Å². The van der Waals surface area contributed by atoms with Crippen LogP contribution in [0.1, 0.15) is 28.6 Å². The number of nitro groups is 1. The van der Waals surface area contributed by atoms with Crippen molar-refractivity contribution in [1.82, 2.24) is 5.16 Å². The summed E-state index contributed by atoms with van der Waals surface area (Å²) in [4.78, 5) is 23.0. The van der Waals surface area contributed by atoms with Crippen molar-refractivity contribution < 1.29 is 33.2 Å². The standard InChI is InChI=1S/C32H26N2O8/c1-2-38-32(35)30-19-27(33-42-30)31-28(40-21-23-11-7-4-8-12-23)17-26(39-20-22-9-5-3-6-10-22)18-29(31)41-25-15-13-24(14-16-25)34(36)37/h3-19H,2,20-21H2,1H3. The monoisotopic (exact) mass is 566 g/mol. The van der Waals surface area contributed by atoms with Crippen LogP contribution < -0.4 is 14.2 Å². The molecule has 0 amide bonds. The van der Waals surface area contributed by atoms with Gasteiger partial charge in [0.1, 0.15) is 41.9 Å². The van der Waals surface area contributed by atoms with E-state index in [4.69, 9.17) is 23.5 Å². The third-order valence-corrected chi connectivity index (χ3v) is 6.04. The molecule has 4 aromatic carbocycles. The number of hydrogen-bond acceptors (Lipinski definition) is 9. The van der Waals surface area contributed by atoms with E-state index in [1.165, 1.54) is 30.3 Å². The molecule has 0 saturated carbocycles. The molecule has 10 nitrogen and oxygen atoms in total. The van der Waals surface area contributed by atoms with E-state index in [2.05, 4.69) is 5.16 Å². The van der Waals surface area contributed by atoms with Gasteiger partial charge in [-0.3, -0.25) is 10.1 Å². The van der Waals surface area contributed by atoms with Crippen molar-refractivity contribution in [2.75, 3.05) is 6.61 Å². The van der Waals surface area contributed by atoms with Crippen LogP contribution in [0.4, 0.5) is 5.69 Å². The van der Waals surface area contributed by atoms with Crippen LogP contribution in [0.15, 0.2) is 108 Å². The summed E-state index contributed by atoms with van der Waals surface area (Å²) in [6, 6.07) is 29.7. The zero-order valence-electron chi connectivity index (χ0n) is 22.6. The van der Waals surface area contributed by atoms with Crippen molar-refractivity contribution in [3.8, 4) is 34.3 Å². The lowest BCUT2D eigenvalue weighted by Crippen LogP contribution is -2.03. The summed E-state index contributed by atoms with van der Waals surface area (Å²) in [6.45, 7) is 2.36. The Hall–Kier alpha value is -5.64. The van der Waals surface area contributed by atoms with Gasteiger partial charge in [0.15, 0.2) is 0 Å². The van der Waals surface area contributed by atoms with Crippen LogP contribution in [0.3, 0.4) is 0 Å². The second-order valence-electron chi connectivity index (χ2n) is 8.99. The lowest BCUT2D eigenvalue weighted by atomic mass is 10.1. The molecule has 5 rings (SSSR count). The van der Waals surface area contributed by atoms with Crippen LogP contribution in [0.25, 0.3) is 11.3 Å². The van der Waals surface area contributed by atoms with E-state index in [1.807, 2.05) is 60.7 Å².